The SMILES string of the molecule is CCN1C(=O)/C(=C\c2cc(OC)c(OCC(=O)O)cc2Br)SC1=S. The van der Waals surface area contributed by atoms with Crippen molar-refractivity contribution in [3.63, 3.8) is 0 Å². The van der Waals surface area contributed by atoms with Crippen LogP contribution in [0.2, 0.25) is 0 Å². The summed E-state index contributed by atoms with van der Waals surface area (Å²) >= 11 is 9.82. The fraction of sp³-hybridized carbons (Fsp3) is 0.267. The zero-order chi connectivity index (χ0) is 17.9. The van der Waals surface area contributed by atoms with Crippen LogP contribution in [0, 0.1) is 0 Å². The second-order valence-corrected chi connectivity index (χ2v) is 7.16. The number of nitrogens with zero attached hydrogens (tertiary/aromatic N) is 1. The molecule has 0 unspecified atom stereocenters. The van der Waals surface area contributed by atoms with E-state index in [0.29, 0.717) is 37.3 Å². The summed E-state index contributed by atoms with van der Waals surface area (Å²) in [6.07, 6.45) is 1.71. The van der Waals surface area contributed by atoms with Crippen molar-refractivity contribution in [1.82, 2.24) is 4.90 Å². The third kappa shape index (κ3) is 4.08. The number of hydrogen-bond acceptors (Lipinski definition) is 6. The molecule has 0 spiro atoms. The Bertz CT molecular complexity index is 735. The second-order valence-electron chi connectivity index (χ2n) is 4.63. The van der Waals surface area contributed by atoms with Gasteiger partial charge in [0.05, 0.1) is 12.0 Å². The molecular weight excluding hydrogens is 418 g/mol. The highest BCUT2D eigenvalue weighted by atomic mass is 79.9. The number of carboxylic acids is 1. The van der Waals surface area contributed by atoms with E-state index in [1.807, 2.05) is 6.92 Å². The number of thiocarbonyl (C=S) groups is 1. The normalized spacial score (nSPS) is 16.0. The monoisotopic (exact) mass is 431 g/mol. The van der Waals surface area contributed by atoms with Crippen LogP contribution in [-0.2, 0) is 9.59 Å². The summed E-state index contributed by atoms with van der Waals surface area (Å²) in [5.41, 5.74) is 0.700. The van der Waals surface area contributed by atoms with Gasteiger partial charge in [0.1, 0.15) is 4.32 Å². The lowest BCUT2D eigenvalue weighted by molar-refractivity contribution is -0.139. The maximum atomic E-state index is 12.3. The standard InChI is InChI=1S/C15H14BrNO5S2/c1-3-17-14(20)12(24-15(17)23)5-8-4-10(21-2)11(6-9(8)16)22-7-13(18)19/h4-6H,3,7H2,1-2H3,(H,18,19)/b12-5+. The van der Waals surface area contributed by atoms with Gasteiger partial charge in [-0.05, 0) is 30.7 Å². The Labute approximate surface area is 156 Å². The fourth-order valence-corrected chi connectivity index (χ4v) is 3.80. The Kier molecular flexibility index (Phi) is 6.25. The summed E-state index contributed by atoms with van der Waals surface area (Å²) < 4.78 is 11.6. The number of thioether (sulfide) groups is 1. The van der Waals surface area contributed by atoms with Gasteiger partial charge in [-0.15, -0.1) is 0 Å². The average Bonchev–Trinajstić information content (AvgIpc) is 2.80. The molecule has 1 N–H and O–H groups in total. The van der Waals surface area contributed by atoms with Crippen LogP contribution in [0.25, 0.3) is 6.08 Å². The largest absolute Gasteiger partial charge is 0.493 e. The lowest BCUT2D eigenvalue weighted by atomic mass is 10.2. The van der Waals surface area contributed by atoms with Crippen molar-refractivity contribution in [3.05, 3.63) is 27.1 Å². The summed E-state index contributed by atoms with van der Waals surface area (Å²) in [7, 11) is 1.46. The van der Waals surface area contributed by atoms with E-state index in [1.165, 1.54) is 23.8 Å². The number of halogens is 1. The molecule has 0 aromatic heterocycles. The van der Waals surface area contributed by atoms with Crippen molar-refractivity contribution >= 4 is 62.2 Å². The van der Waals surface area contributed by atoms with Gasteiger partial charge >= 0.3 is 5.97 Å². The lowest BCUT2D eigenvalue weighted by Crippen LogP contribution is -2.27. The number of aliphatic carboxylic acids is 1. The molecule has 1 aromatic rings. The summed E-state index contributed by atoms with van der Waals surface area (Å²) in [6.45, 7) is 1.91. The van der Waals surface area contributed by atoms with Crippen LogP contribution in [-0.4, -0.2) is 46.5 Å². The third-order valence-electron chi connectivity index (χ3n) is 3.11. The van der Waals surface area contributed by atoms with Gasteiger partial charge in [0.25, 0.3) is 5.91 Å². The summed E-state index contributed by atoms with van der Waals surface area (Å²) in [5.74, 6) is -0.549. The number of benzene rings is 1. The summed E-state index contributed by atoms with van der Waals surface area (Å²) in [5, 5.41) is 8.71. The number of likely N-dealkylation sites (N-methyl/N-ethyl adjacent to an activating group) is 1. The van der Waals surface area contributed by atoms with Crippen LogP contribution in [0.15, 0.2) is 21.5 Å². The fourth-order valence-electron chi connectivity index (χ4n) is 1.99. The van der Waals surface area contributed by atoms with E-state index in [1.54, 1.807) is 18.2 Å². The van der Waals surface area contributed by atoms with Gasteiger partial charge in [0.2, 0.25) is 0 Å². The molecule has 128 valence electrons. The van der Waals surface area contributed by atoms with Crippen molar-refractivity contribution in [2.24, 2.45) is 0 Å². The first kappa shape index (κ1) is 18.8. The molecule has 0 atom stereocenters. The zero-order valence-corrected chi connectivity index (χ0v) is 16.1. The van der Waals surface area contributed by atoms with Gasteiger partial charge in [-0.25, -0.2) is 4.79 Å². The minimum atomic E-state index is -1.08. The van der Waals surface area contributed by atoms with Crippen molar-refractivity contribution in [1.29, 1.82) is 0 Å². The van der Waals surface area contributed by atoms with Gasteiger partial charge in [0, 0.05) is 11.0 Å². The minimum absolute atomic E-state index is 0.135. The molecule has 1 aliphatic heterocycles. The van der Waals surface area contributed by atoms with Crippen LogP contribution in [0.5, 0.6) is 11.5 Å². The van der Waals surface area contributed by atoms with Gasteiger partial charge < -0.3 is 14.6 Å². The highest BCUT2D eigenvalue weighted by molar-refractivity contribution is 9.10. The van der Waals surface area contributed by atoms with E-state index in [4.69, 9.17) is 26.8 Å². The topological polar surface area (TPSA) is 76.1 Å². The van der Waals surface area contributed by atoms with Crippen molar-refractivity contribution in [3.8, 4) is 11.5 Å². The first-order valence-corrected chi connectivity index (χ1v) is 8.86. The highest BCUT2D eigenvalue weighted by Crippen LogP contribution is 2.38. The molecule has 9 heteroatoms. The number of amides is 1. The molecular formula is C15H14BrNO5S2. The third-order valence-corrected chi connectivity index (χ3v) is 5.18. The molecule has 2 rings (SSSR count). The maximum absolute atomic E-state index is 12.3. The Morgan fingerprint density at radius 1 is 1.46 bits per heavy atom. The highest BCUT2D eigenvalue weighted by Gasteiger charge is 2.30. The molecule has 1 aliphatic rings. The average molecular weight is 432 g/mol. The summed E-state index contributed by atoms with van der Waals surface area (Å²) in [6, 6.07) is 3.27. The van der Waals surface area contributed by atoms with Crippen LogP contribution < -0.4 is 9.47 Å². The van der Waals surface area contributed by atoms with E-state index in [9.17, 15) is 9.59 Å². The number of carboxylic acid groups (broad SMARTS) is 1. The molecule has 1 amide bonds. The second kappa shape index (κ2) is 8.00. The van der Waals surface area contributed by atoms with Gasteiger partial charge in [-0.3, -0.25) is 9.69 Å². The Morgan fingerprint density at radius 3 is 2.71 bits per heavy atom. The van der Waals surface area contributed by atoms with Crippen LogP contribution in [0.4, 0.5) is 0 Å². The molecule has 0 saturated carbocycles. The van der Waals surface area contributed by atoms with Gasteiger partial charge in [-0.1, -0.05) is 39.9 Å². The predicted octanol–water partition coefficient (Wildman–Crippen LogP) is 3.14. The number of methoxy groups -OCH3 is 1. The molecule has 1 heterocycles. The molecule has 1 fully saturated rings. The van der Waals surface area contributed by atoms with Crippen molar-refractivity contribution in [2.45, 2.75) is 6.92 Å². The quantitative estimate of drug-likeness (QED) is 0.547. The minimum Gasteiger partial charge on any atom is -0.493 e. The van der Waals surface area contributed by atoms with Crippen molar-refractivity contribution in [2.75, 3.05) is 20.3 Å². The first-order chi connectivity index (χ1) is 11.4. The predicted molar refractivity (Wildman–Crippen MR) is 99.4 cm³/mol. The van der Waals surface area contributed by atoms with Crippen molar-refractivity contribution < 1.29 is 24.2 Å². The molecule has 24 heavy (non-hydrogen) atoms. The van der Waals surface area contributed by atoms with E-state index < -0.39 is 12.6 Å². The lowest BCUT2D eigenvalue weighted by Gasteiger charge is -2.12. The first-order valence-electron chi connectivity index (χ1n) is 6.84. The molecule has 1 aromatic carbocycles. The number of hydrogen-bond donors (Lipinski definition) is 1. The van der Waals surface area contributed by atoms with Gasteiger partial charge in [0.15, 0.2) is 18.1 Å². The van der Waals surface area contributed by atoms with E-state index in [2.05, 4.69) is 15.9 Å². The number of ether oxygens (including phenoxy) is 2. The molecule has 0 radical (unpaired) electrons. The van der Waals surface area contributed by atoms with E-state index in [-0.39, 0.29) is 5.91 Å². The molecule has 0 aliphatic carbocycles. The Balaban J connectivity index is 2.35. The van der Waals surface area contributed by atoms with Gasteiger partial charge in [-0.2, -0.15) is 0 Å². The maximum Gasteiger partial charge on any atom is 0.341 e. The molecule has 1 saturated heterocycles. The molecule has 0 bridgehead atoms. The number of rotatable bonds is 6. The number of carbonyl (C=O) groups is 2. The van der Waals surface area contributed by atoms with E-state index in [0.717, 1.165) is 0 Å². The number of carbonyl (C=O) groups excluding carboxylic acids is 1. The van der Waals surface area contributed by atoms with Crippen LogP contribution in [0.3, 0.4) is 0 Å². The summed E-state index contributed by atoms with van der Waals surface area (Å²) in [4.78, 5) is 25.0. The van der Waals surface area contributed by atoms with Crippen LogP contribution >= 0.6 is 39.9 Å². The van der Waals surface area contributed by atoms with Crippen LogP contribution in [0.1, 0.15) is 12.5 Å². The Morgan fingerprint density at radius 2 is 2.17 bits per heavy atom. The Hall–Kier alpha value is -1.58. The zero-order valence-electron chi connectivity index (χ0n) is 12.9. The van der Waals surface area contributed by atoms with E-state index >= 15 is 0 Å². The molecule has 6 nitrogen and oxygen atoms in total. The smallest absolute Gasteiger partial charge is 0.341 e.